The van der Waals surface area contributed by atoms with E-state index in [1.165, 1.54) is 5.56 Å². The molecule has 0 aliphatic rings. The summed E-state index contributed by atoms with van der Waals surface area (Å²) in [7, 11) is 1.95. The number of hydrogen-bond acceptors (Lipinski definition) is 2. The standard InChI is InChI=1S/C14H17BrClN3/c1-4-17-13(14-11(15)8-18-19(14)3)10-5-6-12(16)9(2)7-10/h5-8,13,17H,4H2,1-3H3. The van der Waals surface area contributed by atoms with E-state index in [0.717, 1.165) is 27.3 Å². The summed E-state index contributed by atoms with van der Waals surface area (Å²) in [6, 6.07) is 6.22. The van der Waals surface area contributed by atoms with E-state index in [9.17, 15) is 0 Å². The maximum atomic E-state index is 6.10. The van der Waals surface area contributed by atoms with Crippen molar-refractivity contribution in [3.63, 3.8) is 0 Å². The first-order valence-corrected chi connectivity index (χ1v) is 7.38. The van der Waals surface area contributed by atoms with Gasteiger partial charge in [0, 0.05) is 12.1 Å². The molecule has 0 amide bonds. The average molecular weight is 343 g/mol. The topological polar surface area (TPSA) is 29.9 Å². The number of nitrogens with one attached hydrogen (secondary N) is 1. The highest BCUT2D eigenvalue weighted by molar-refractivity contribution is 9.10. The van der Waals surface area contributed by atoms with Crippen LogP contribution in [0.25, 0.3) is 0 Å². The van der Waals surface area contributed by atoms with Crippen LogP contribution in [0.15, 0.2) is 28.9 Å². The van der Waals surface area contributed by atoms with Crippen LogP contribution in [0.4, 0.5) is 0 Å². The fourth-order valence-electron chi connectivity index (χ4n) is 2.17. The van der Waals surface area contributed by atoms with Crippen LogP contribution in [-0.4, -0.2) is 16.3 Å². The normalized spacial score (nSPS) is 12.7. The van der Waals surface area contributed by atoms with Crippen molar-refractivity contribution in [2.45, 2.75) is 19.9 Å². The fraction of sp³-hybridized carbons (Fsp3) is 0.357. The molecule has 0 radical (unpaired) electrons. The van der Waals surface area contributed by atoms with Crippen LogP contribution in [0.3, 0.4) is 0 Å². The molecule has 0 aliphatic carbocycles. The highest BCUT2D eigenvalue weighted by atomic mass is 79.9. The van der Waals surface area contributed by atoms with Gasteiger partial charge >= 0.3 is 0 Å². The summed E-state index contributed by atoms with van der Waals surface area (Å²) >= 11 is 9.67. The van der Waals surface area contributed by atoms with Crippen LogP contribution in [0, 0.1) is 6.92 Å². The van der Waals surface area contributed by atoms with Gasteiger partial charge in [-0.05, 0) is 46.6 Å². The minimum atomic E-state index is 0.0999. The highest BCUT2D eigenvalue weighted by Crippen LogP contribution is 2.30. The average Bonchev–Trinajstić information content (AvgIpc) is 2.70. The maximum Gasteiger partial charge on any atom is 0.0759 e. The van der Waals surface area contributed by atoms with Gasteiger partial charge in [-0.3, -0.25) is 4.68 Å². The van der Waals surface area contributed by atoms with Gasteiger partial charge in [-0.15, -0.1) is 0 Å². The van der Waals surface area contributed by atoms with Crippen LogP contribution < -0.4 is 5.32 Å². The molecule has 1 atom stereocenters. The summed E-state index contributed by atoms with van der Waals surface area (Å²) in [6.45, 7) is 5.00. The van der Waals surface area contributed by atoms with E-state index in [2.05, 4.69) is 45.4 Å². The van der Waals surface area contributed by atoms with Crippen LogP contribution in [-0.2, 0) is 7.05 Å². The van der Waals surface area contributed by atoms with Gasteiger partial charge in [0.2, 0.25) is 0 Å². The lowest BCUT2D eigenvalue weighted by Crippen LogP contribution is -2.24. The lowest BCUT2D eigenvalue weighted by Gasteiger charge is -2.20. The van der Waals surface area contributed by atoms with E-state index in [0.29, 0.717) is 0 Å². The van der Waals surface area contributed by atoms with Gasteiger partial charge in [-0.1, -0.05) is 30.7 Å². The molecule has 0 bridgehead atoms. The number of rotatable bonds is 4. The van der Waals surface area contributed by atoms with Crippen molar-refractivity contribution in [3.05, 3.63) is 50.7 Å². The fourth-order valence-corrected chi connectivity index (χ4v) is 2.86. The first kappa shape index (κ1) is 14.6. The monoisotopic (exact) mass is 341 g/mol. The number of aryl methyl sites for hydroxylation is 2. The zero-order chi connectivity index (χ0) is 14.0. The molecule has 19 heavy (non-hydrogen) atoms. The third-order valence-corrected chi connectivity index (χ3v) is 4.17. The second-order valence-corrected chi connectivity index (χ2v) is 5.76. The molecule has 2 aromatic rings. The van der Waals surface area contributed by atoms with E-state index >= 15 is 0 Å². The van der Waals surface area contributed by atoms with Gasteiger partial charge in [0.15, 0.2) is 0 Å². The van der Waals surface area contributed by atoms with Crippen molar-refractivity contribution < 1.29 is 0 Å². The second-order valence-electron chi connectivity index (χ2n) is 4.50. The third kappa shape index (κ3) is 3.02. The minimum absolute atomic E-state index is 0.0999. The molecular formula is C14H17BrClN3. The van der Waals surface area contributed by atoms with Crippen LogP contribution in [0.1, 0.15) is 29.8 Å². The Morgan fingerprint density at radius 1 is 1.47 bits per heavy atom. The van der Waals surface area contributed by atoms with E-state index in [4.69, 9.17) is 11.6 Å². The van der Waals surface area contributed by atoms with Gasteiger partial charge in [-0.25, -0.2) is 0 Å². The molecule has 5 heteroatoms. The lowest BCUT2D eigenvalue weighted by atomic mass is 10.0. The minimum Gasteiger partial charge on any atom is -0.305 e. The molecule has 3 nitrogen and oxygen atoms in total. The Balaban J connectivity index is 2.48. The molecule has 0 spiro atoms. The molecule has 0 saturated carbocycles. The van der Waals surface area contributed by atoms with Crippen molar-refractivity contribution >= 4 is 27.5 Å². The summed E-state index contributed by atoms with van der Waals surface area (Å²) in [4.78, 5) is 0. The van der Waals surface area contributed by atoms with E-state index in [-0.39, 0.29) is 6.04 Å². The number of halogens is 2. The van der Waals surface area contributed by atoms with E-state index < -0.39 is 0 Å². The molecule has 1 heterocycles. The van der Waals surface area contributed by atoms with Crippen molar-refractivity contribution in [2.24, 2.45) is 7.05 Å². The van der Waals surface area contributed by atoms with E-state index in [1.807, 2.05) is 30.9 Å². The summed E-state index contributed by atoms with van der Waals surface area (Å²) in [5.74, 6) is 0. The van der Waals surface area contributed by atoms with Crippen molar-refractivity contribution in [1.29, 1.82) is 0 Å². The predicted octanol–water partition coefficient (Wildman–Crippen LogP) is 3.84. The Bertz CT molecular complexity index is 561. The molecule has 1 unspecified atom stereocenters. The molecule has 1 aromatic carbocycles. The second kappa shape index (κ2) is 6.07. The molecule has 1 aromatic heterocycles. The molecule has 0 saturated heterocycles. The van der Waals surface area contributed by atoms with Gasteiger partial charge < -0.3 is 5.32 Å². The summed E-state index contributed by atoms with van der Waals surface area (Å²) in [5, 5.41) is 8.58. The quantitative estimate of drug-likeness (QED) is 0.915. The number of hydrogen-bond donors (Lipinski definition) is 1. The Kier molecular flexibility index (Phi) is 4.66. The Labute approximate surface area is 127 Å². The lowest BCUT2D eigenvalue weighted by molar-refractivity contribution is 0.570. The summed E-state index contributed by atoms with van der Waals surface area (Å²) in [6.07, 6.45) is 1.82. The smallest absolute Gasteiger partial charge is 0.0759 e. The Hall–Kier alpha value is -0.840. The third-order valence-electron chi connectivity index (χ3n) is 3.13. The molecule has 102 valence electrons. The van der Waals surface area contributed by atoms with Crippen LogP contribution >= 0.6 is 27.5 Å². The van der Waals surface area contributed by atoms with Crippen LogP contribution in [0.5, 0.6) is 0 Å². The SMILES string of the molecule is CCNC(c1ccc(Cl)c(C)c1)c1c(Br)cnn1C. The van der Waals surface area contributed by atoms with Crippen molar-refractivity contribution in [1.82, 2.24) is 15.1 Å². The number of aromatic nitrogens is 2. The predicted molar refractivity (Wildman–Crippen MR) is 82.6 cm³/mol. The number of benzene rings is 1. The molecular weight excluding hydrogens is 326 g/mol. The Morgan fingerprint density at radius 3 is 2.74 bits per heavy atom. The van der Waals surface area contributed by atoms with Gasteiger partial charge in [0.25, 0.3) is 0 Å². The van der Waals surface area contributed by atoms with E-state index in [1.54, 1.807) is 0 Å². The Morgan fingerprint density at radius 2 is 2.21 bits per heavy atom. The van der Waals surface area contributed by atoms with Crippen molar-refractivity contribution in [2.75, 3.05) is 6.54 Å². The first-order valence-electron chi connectivity index (χ1n) is 6.21. The largest absolute Gasteiger partial charge is 0.305 e. The molecule has 0 fully saturated rings. The zero-order valence-electron chi connectivity index (χ0n) is 11.2. The van der Waals surface area contributed by atoms with Gasteiger partial charge in [0.1, 0.15) is 0 Å². The highest BCUT2D eigenvalue weighted by Gasteiger charge is 2.20. The zero-order valence-corrected chi connectivity index (χ0v) is 13.6. The molecule has 2 rings (SSSR count). The maximum absolute atomic E-state index is 6.10. The summed E-state index contributed by atoms with van der Waals surface area (Å²) in [5.41, 5.74) is 3.39. The molecule has 1 N–H and O–H groups in total. The van der Waals surface area contributed by atoms with Crippen molar-refractivity contribution in [3.8, 4) is 0 Å². The summed E-state index contributed by atoms with van der Waals surface area (Å²) < 4.78 is 2.90. The van der Waals surface area contributed by atoms with Gasteiger partial charge in [0.05, 0.1) is 22.4 Å². The van der Waals surface area contributed by atoms with Gasteiger partial charge in [-0.2, -0.15) is 5.10 Å². The van der Waals surface area contributed by atoms with Crippen LogP contribution in [0.2, 0.25) is 5.02 Å². The molecule has 0 aliphatic heterocycles. The first-order chi connectivity index (χ1) is 9.04. The number of nitrogens with zero attached hydrogens (tertiary/aromatic N) is 2.